The summed E-state index contributed by atoms with van der Waals surface area (Å²) in [5, 5.41) is 3.10. The zero-order valence-corrected chi connectivity index (χ0v) is 16.3. The van der Waals surface area contributed by atoms with Crippen molar-refractivity contribution in [3.05, 3.63) is 66.5 Å². The Hall–Kier alpha value is -3.41. The Bertz CT molecular complexity index is 948. The van der Waals surface area contributed by atoms with E-state index in [4.69, 9.17) is 9.47 Å². The summed E-state index contributed by atoms with van der Waals surface area (Å²) in [6.07, 6.45) is 7.96. The average Bonchev–Trinajstić information content (AvgIpc) is 3.28. The highest BCUT2D eigenvalue weighted by Crippen LogP contribution is 2.24. The molecule has 1 N–H and O–H groups in total. The second-order valence-corrected chi connectivity index (χ2v) is 7.06. The third-order valence-corrected chi connectivity index (χ3v) is 5.07. The van der Waals surface area contributed by atoms with Gasteiger partial charge in [0.15, 0.2) is 0 Å². The highest BCUT2D eigenvalue weighted by molar-refractivity contribution is 5.94. The van der Waals surface area contributed by atoms with Crippen molar-refractivity contribution in [2.75, 3.05) is 7.11 Å². The zero-order chi connectivity index (χ0) is 20.1. The van der Waals surface area contributed by atoms with E-state index in [1.807, 2.05) is 36.4 Å². The van der Waals surface area contributed by atoms with Crippen LogP contribution in [0.4, 0.5) is 0 Å². The third kappa shape index (κ3) is 4.71. The van der Waals surface area contributed by atoms with Crippen LogP contribution in [0.15, 0.2) is 60.9 Å². The molecule has 0 radical (unpaired) electrons. The monoisotopic (exact) mass is 389 g/mol. The number of amides is 1. The van der Waals surface area contributed by atoms with Crippen molar-refractivity contribution in [3.63, 3.8) is 0 Å². The summed E-state index contributed by atoms with van der Waals surface area (Å²) >= 11 is 0. The molecule has 0 spiro atoms. The Morgan fingerprint density at radius 1 is 0.897 bits per heavy atom. The Kier molecular flexibility index (Phi) is 5.70. The van der Waals surface area contributed by atoms with E-state index in [0.717, 1.165) is 29.7 Å². The Balaban J connectivity index is 1.39. The van der Waals surface area contributed by atoms with E-state index in [-0.39, 0.29) is 11.9 Å². The fraction of sp³-hybridized carbons (Fsp3) is 0.261. The topological polar surface area (TPSA) is 73.3 Å². The number of hydrogen-bond donors (Lipinski definition) is 1. The number of ether oxygens (including phenoxy) is 2. The Labute approximate surface area is 169 Å². The lowest BCUT2D eigenvalue weighted by Gasteiger charge is -2.12. The van der Waals surface area contributed by atoms with Gasteiger partial charge in [0.05, 0.1) is 7.11 Å². The van der Waals surface area contributed by atoms with Gasteiger partial charge in [-0.2, -0.15) is 0 Å². The van der Waals surface area contributed by atoms with Gasteiger partial charge in [-0.1, -0.05) is 25.0 Å². The lowest BCUT2D eigenvalue weighted by atomic mass is 10.1. The van der Waals surface area contributed by atoms with E-state index in [9.17, 15) is 4.79 Å². The van der Waals surface area contributed by atoms with Gasteiger partial charge >= 0.3 is 6.01 Å². The molecule has 1 amide bonds. The molecule has 1 heterocycles. The SMILES string of the molecule is COc1ccc(Oc2ncc(-c3ccc(C(=O)NC4CCCC4)cc3)cn2)cc1. The van der Waals surface area contributed by atoms with Gasteiger partial charge in [0.2, 0.25) is 0 Å². The molecule has 0 aliphatic heterocycles. The summed E-state index contributed by atoms with van der Waals surface area (Å²) in [5.74, 6) is 1.38. The fourth-order valence-corrected chi connectivity index (χ4v) is 3.42. The van der Waals surface area contributed by atoms with Gasteiger partial charge in [-0.05, 0) is 54.8 Å². The largest absolute Gasteiger partial charge is 0.497 e. The smallest absolute Gasteiger partial charge is 0.321 e. The highest BCUT2D eigenvalue weighted by Gasteiger charge is 2.17. The van der Waals surface area contributed by atoms with Crippen molar-refractivity contribution >= 4 is 5.91 Å². The predicted octanol–water partition coefficient (Wildman–Crippen LogP) is 4.62. The quantitative estimate of drug-likeness (QED) is 0.666. The van der Waals surface area contributed by atoms with Crippen LogP contribution >= 0.6 is 0 Å². The van der Waals surface area contributed by atoms with E-state index >= 15 is 0 Å². The van der Waals surface area contributed by atoms with Crippen molar-refractivity contribution in [1.82, 2.24) is 15.3 Å². The minimum Gasteiger partial charge on any atom is -0.497 e. The van der Waals surface area contributed by atoms with E-state index in [1.165, 1.54) is 12.8 Å². The van der Waals surface area contributed by atoms with Gasteiger partial charge in [-0.25, -0.2) is 9.97 Å². The summed E-state index contributed by atoms with van der Waals surface area (Å²) in [4.78, 5) is 20.9. The molecule has 1 saturated carbocycles. The minimum atomic E-state index is -0.0112. The summed E-state index contributed by atoms with van der Waals surface area (Å²) in [7, 11) is 1.62. The van der Waals surface area contributed by atoms with Crippen LogP contribution in [0.5, 0.6) is 17.5 Å². The van der Waals surface area contributed by atoms with Crippen LogP contribution in [-0.4, -0.2) is 29.0 Å². The fourth-order valence-electron chi connectivity index (χ4n) is 3.42. The number of hydrogen-bond acceptors (Lipinski definition) is 5. The van der Waals surface area contributed by atoms with Gasteiger partial charge in [-0.3, -0.25) is 4.79 Å². The number of aromatic nitrogens is 2. The average molecular weight is 389 g/mol. The van der Waals surface area contributed by atoms with Crippen LogP contribution in [0.3, 0.4) is 0 Å². The maximum absolute atomic E-state index is 12.3. The first-order valence-electron chi connectivity index (χ1n) is 9.76. The molecule has 0 bridgehead atoms. The molecule has 1 aliphatic rings. The van der Waals surface area contributed by atoms with Crippen LogP contribution < -0.4 is 14.8 Å². The molecule has 0 unspecified atom stereocenters. The Morgan fingerprint density at radius 3 is 2.14 bits per heavy atom. The van der Waals surface area contributed by atoms with Crippen molar-refractivity contribution in [3.8, 4) is 28.6 Å². The highest BCUT2D eigenvalue weighted by atomic mass is 16.5. The lowest BCUT2D eigenvalue weighted by Crippen LogP contribution is -2.32. The zero-order valence-electron chi connectivity index (χ0n) is 16.3. The van der Waals surface area contributed by atoms with E-state index in [0.29, 0.717) is 17.4 Å². The molecule has 1 fully saturated rings. The van der Waals surface area contributed by atoms with Crippen LogP contribution in [0.2, 0.25) is 0 Å². The number of methoxy groups -OCH3 is 1. The van der Waals surface area contributed by atoms with E-state index < -0.39 is 0 Å². The van der Waals surface area contributed by atoms with Gasteiger partial charge in [0.1, 0.15) is 11.5 Å². The van der Waals surface area contributed by atoms with Gasteiger partial charge < -0.3 is 14.8 Å². The number of nitrogens with zero attached hydrogens (tertiary/aromatic N) is 2. The molecule has 148 valence electrons. The summed E-state index contributed by atoms with van der Waals surface area (Å²) in [6, 6.07) is 15.3. The number of nitrogens with one attached hydrogen (secondary N) is 1. The first-order chi connectivity index (χ1) is 14.2. The van der Waals surface area contributed by atoms with Gasteiger partial charge in [0.25, 0.3) is 5.91 Å². The maximum atomic E-state index is 12.3. The predicted molar refractivity (Wildman–Crippen MR) is 110 cm³/mol. The summed E-state index contributed by atoms with van der Waals surface area (Å²) in [5.41, 5.74) is 2.47. The van der Waals surface area contributed by atoms with Crippen molar-refractivity contribution in [2.45, 2.75) is 31.7 Å². The normalized spacial score (nSPS) is 13.8. The van der Waals surface area contributed by atoms with Crippen LogP contribution in [-0.2, 0) is 0 Å². The molecule has 6 heteroatoms. The van der Waals surface area contributed by atoms with Crippen molar-refractivity contribution in [1.29, 1.82) is 0 Å². The maximum Gasteiger partial charge on any atom is 0.321 e. The second kappa shape index (κ2) is 8.73. The molecule has 3 aromatic rings. The lowest BCUT2D eigenvalue weighted by molar-refractivity contribution is 0.0938. The molecular formula is C23H23N3O3. The number of rotatable bonds is 6. The second-order valence-electron chi connectivity index (χ2n) is 7.06. The number of benzene rings is 2. The van der Waals surface area contributed by atoms with Crippen LogP contribution in [0.1, 0.15) is 36.0 Å². The molecule has 2 aromatic carbocycles. The first kappa shape index (κ1) is 18.9. The molecule has 6 nitrogen and oxygen atoms in total. The number of carbonyl (C=O) groups excluding carboxylic acids is 1. The molecule has 4 rings (SSSR count). The minimum absolute atomic E-state index is 0.0112. The molecular weight excluding hydrogens is 366 g/mol. The van der Waals surface area contributed by atoms with Gasteiger partial charge in [0, 0.05) is 29.6 Å². The molecule has 1 aliphatic carbocycles. The van der Waals surface area contributed by atoms with Crippen LogP contribution in [0, 0.1) is 0 Å². The molecule has 1 aromatic heterocycles. The summed E-state index contributed by atoms with van der Waals surface area (Å²) < 4.78 is 10.8. The van der Waals surface area contributed by atoms with Crippen molar-refractivity contribution < 1.29 is 14.3 Å². The van der Waals surface area contributed by atoms with Gasteiger partial charge in [-0.15, -0.1) is 0 Å². The molecule has 29 heavy (non-hydrogen) atoms. The van der Waals surface area contributed by atoms with Crippen molar-refractivity contribution in [2.24, 2.45) is 0 Å². The van der Waals surface area contributed by atoms with E-state index in [1.54, 1.807) is 31.6 Å². The molecule has 0 atom stereocenters. The first-order valence-corrected chi connectivity index (χ1v) is 9.76. The number of carbonyl (C=O) groups is 1. The standard InChI is InChI=1S/C23H23N3O3/c1-28-20-10-12-21(13-11-20)29-23-24-14-18(15-25-23)16-6-8-17(9-7-16)22(27)26-19-4-2-3-5-19/h6-15,19H,2-5H2,1H3,(H,26,27). The molecule has 0 saturated heterocycles. The Morgan fingerprint density at radius 2 is 1.52 bits per heavy atom. The van der Waals surface area contributed by atoms with Crippen LogP contribution in [0.25, 0.3) is 11.1 Å². The third-order valence-electron chi connectivity index (χ3n) is 5.07. The van der Waals surface area contributed by atoms with E-state index in [2.05, 4.69) is 15.3 Å². The summed E-state index contributed by atoms with van der Waals surface area (Å²) in [6.45, 7) is 0.